The number of anilines is 2. The van der Waals surface area contributed by atoms with E-state index in [0.29, 0.717) is 24.1 Å². The fourth-order valence-corrected chi connectivity index (χ4v) is 4.70. The fourth-order valence-electron chi connectivity index (χ4n) is 4.70. The van der Waals surface area contributed by atoms with E-state index in [1.807, 2.05) is 0 Å². The van der Waals surface area contributed by atoms with E-state index in [0.717, 1.165) is 24.3 Å². The standard InChI is InChI=1S/C24H20F3N3O5/c25-24(26,27)14-5-7-15(8-6-14)28-19(31)13-35-22(34)23-12-11-20(32)30(23)18-4-2-1-3-17(18)21(33)29(23)16-9-10-16/h1-8,16H,9-13H2,(H,28,31). The maximum Gasteiger partial charge on any atom is 0.416 e. The molecule has 8 nitrogen and oxygen atoms in total. The van der Waals surface area contributed by atoms with Crippen LogP contribution < -0.4 is 10.2 Å². The number of halogens is 3. The summed E-state index contributed by atoms with van der Waals surface area (Å²) in [4.78, 5) is 54.7. The van der Waals surface area contributed by atoms with Crippen LogP contribution in [0.1, 0.15) is 41.6 Å². The van der Waals surface area contributed by atoms with Gasteiger partial charge in [0, 0.05) is 24.6 Å². The van der Waals surface area contributed by atoms with Crippen LogP contribution in [0, 0.1) is 0 Å². The minimum atomic E-state index is -4.51. The molecule has 2 heterocycles. The highest BCUT2D eigenvalue weighted by molar-refractivity contribution is 6.16. The zero-order valence-corrected chi connectivity index (χ0v) is 18.3. The van der Waals surface area contributed by atoms with Gasteiger partial charge in [0.05, 0.1) is 16.8 Å². The molecule has 3 amide bonds. The molecule has 1 atom stereocenters. The van der Waals surface area contributed by atoms with Crippen LogP contribution in [0.25, 0.3) is 0 Å². The number of rotatable bonds is 5. The normalized spacial score (nSPS) is 21.5. The highest BCUT2D eigenvalue weighted by atomic mass is 19.4. The largest absolute Gasteiger partial charge is 0.452 e. The molecule has 1 N–H and O–H groups in total. The molecule has 3 aliphatic rings. The van der Waals surface area contributed by atoms with E-state index in [9.17, 15) is 32.3 Å². The molecule has 5 rings (SSSR count). The van der Waals surface area contributed by atoms with Crippen molar-refractivity contribution in [1.29, 1.82) is 0 Å². The summed E-state index contributed by atoms with van der Waals surface area (Å²) in [7, 11) is 0. The number of nitrogens with zero attached hydrogens (tertiary/aromatic N) is 2. The number of nitrogens with one attached hydrogen (secondary N) is 1. The van der Waals surface area contributed by atoms with Crippen molar-refractivity contribution in [3.63, 3.8) is 0 Å². The van der Waals surface area contributed by atoms with Crippen LogP contribution in [0.15, 0.2) is 48.5 Å². The van der Waals surface area contributed by atoms with Gasteiger partial charge in [-0.1, -0.05) is 12.1 Å². The van der Waals surface area contributed by atoms with Gasteiger partial charge in [0.15, 0.2) is 6.61 Å². The number of ether oxygens (including phenoxy) is 1. The van der Waals surface area contributed by atoms with Crippen molar-refractivity contribution in [3.05, 3.63) is 59.7 Å². The lowest BCUT2D eigenvalue weighted by Gasteiger charge is -2.48. The van der Waals surface area contributed by atoms with E-state index in [2.05, 4.69) is 5.32 Å². The second-order valence-electron chi connectivity index (χ2n) is 8.67. The lowest BCUT2D eigenvalue weighted by molar-refractivity contribution is -0.159. The van der Waals surface area contributed by atoms with E-state index in [1.54, 1.807) is 24.3 Å². The molecule has 2 aliphatic heterocycles. The van der Waals surface area contributed by atoms with Crippen molar-refractivity contribution in [2.75, 3.05) is 16.8 Å². The lowest BCUT2D eigenvalue weighted by atomic mass is 9.96. The first-order chi connectivity index (χ1) is 16.6. The van der Waals surface area contributed by atoms with Crippen LogP contribution >= 0.6 is 0 Å². The molecule has 1 aliphatic carbocycles. The molecule has 0 aromatic heterocycles. The lowest BCUT2D eigenvalue weighted by Crippen LogP contribution is -2.69. The topological polar surface area (TPSA) is 96.0 Å². The number of esters is 1. The van der Waals surface area contributed by atoms with Gasteiger partial charge in [-0.25, -0.2) is 4.79 Å². The van der Waals surface area contributed by atoms with Crippen LogP contribution in [0.5, 0.6) is 0 Å². The Labute approximate surface area is 197 Å². The van der Waals surface area contributed by atoms with Gasteiger partial charge in [-0.15, -0.1) is 0 Å². The van der Waals surface area contributed by atoms with Gasteiger partial charge in [-0.3, -0.25) is 19.3 Å². The molecule has 1 saturated carbocycles. The number of carbonyl (C=O) groups is 4. The molecule has 0 bridgehead atoms. The third-order valence-electron chi connectivity index (χ3n) is 6.37. The third-order valence-corrected chi connectivity index (χ3v) is 6.37. The van der Waals surface area contributed by atoms with Crippen LogP contribution in [0.2, 0.25) is 0 Å². The van der Waals surface area contributed by atoms with Crippen LogP contribution in [-0.4, -0.2) is 46.9 Å². The average molecular weight is 487 g/mol. The van der Waals surface area contributed by atoms with Crippen LogP contribution in [-0.2, 0) is 25.3 Å². The summed E-state index contributed by atoms with van der Waals surface area (Å²) in [5, 5.41) is 2.37. The zero-order chi connectivity index (χ0) is 25.0. The molecule has 0 radical (unpaired) electrons. The molecule has 1 unspecified atom stereocenters. The van der Waals surface area contributed by atoms with Gasteiger partial charge in [0.2, 0.25) is 11.6 Å². The summed E-state index contributed by atoms with van der Waals surface area (Å²) in [6, 6.07) is 10.1. The van der Waals surface area contributed by atoms with Crippen LogP contribution in [0.3, 0.4) is 0 Å². The predicted octanol–water partition coefficient (Wildman–Crippen LogP) is 3.33. The first-order valence-corrected chi connectivity index (χ1v) is 11.0. The summed E-state index contributed by atoms with van der Waals surface area (Å²) < 4.78 is 43.4. The molecule has 11 heteroatoms. The number of para-hydroxylation sites is 1. The summed E-state index contributed by atoms with van der Waals surface area (Å²) >= 11 is 0. The summed E-state index contributed by atoms with van der Waals surface area (Å²) in [5.74, 6) is -2.38. The van der Waals surface area contributed by atoms with Crippen molar-refractivity contribution in [1.82, 2.24) is 4.90 Å². The SMILES string of the molecule is O=C(COC(=O)C12CCC(=O)N1c1ccccc1C(=O)N2C1CC1)Nc1ccc(C(F)(F)F)cc1. The van der Waals surface area contributed by atoms with Gasteiger partial charge >= 0.3 is 12.1 Å². The molecule has 2 fully saturated rings. The van der Waals surface area contributed by atoms with Crippen molar-refractivity contribution in [2.45, 2.75) is 43.6 Å². The third kappa shape index (κ3) is 3.80. The molecular weight excluding hydrogens is 467 g/mol. The summed E-state index contributed by atoms with van der Waals surface area (Å²) in [6.45, 7) is -0.738. The molecule has 35 heavy (non-hydrogen) atoms. The van der Waals surface area contributed by atoms with Crippen molar-refractivity contribution < 1.29 is 37.1 Å². The van der Waals surface area contributed by atoms with Gasteiger partial charge < -0.3 is 15.0 Å². The first kappa shape index (κ1) is 22.9. The van der Waals surface area contributed by atoms with E-state index in [4.69, 9.17) is 4.74 Å². The Hall–Kier alpha value is -3.89. The van der Waals surface area contributed by atoms with E-state index >= 15 is 0 Å². The van der Waals surface area contributed by atoms with E-state index in [1.165, 1.54) is 9.80 Å². The maximum atomic E-state index is 13.4. The summed E-state index contributed by atoms with van der Waals surface area (Å²) in [6.07, 6.45) is -3.09. The number of amides is 3. The molecule has 0 spiro atoms. The number of fused-ring (bicyclic) bond motifs is 3. The molecule has 2 aromatic rings. The molecular formula is C24H20F3N3O5. The predicted molar refractivity (Wildman–Crippen MR) is 116 cm³/mol. The molecule has 1 saturated heterocycles. The Morgan fingerprint density at radius 1 is 1.06 bits per heavy atom. The molecule has 182 valence electrons. The maximum absolute atomic E-state index is 13.4. The number of hydrogen-bond acceptors (Lipinski definition) is 5. The Balaban J connectivity index is 1.36. The Bertz CT molecular complexity index is 1230. The smallest absolute Gasteiger partial charge is 0.416 e. The Kier molecular flexibility index (Phi) is 5.30. The van der Waals surface area contributed by atoms with Crippen molar-refractivity contribution in [2.24, 2.45) is 0 Å². The zero-order valence-electron chi connectivity index (χ0n) is 18.3. The van der Waals surface area contributed by atoms with Crippen LogP contribution in [0.4, 0.5) is 24.5 Å². The summed E-state index contributed by atoms with van der Waals surface area (Å²) in [5.41, 5.74) is -1.81. The second-order valence-corrected chi connectivity index (χ2v) is 8.67. The van der Waals surface area contributed by atoms with E-state index < -0.39 is 35.9 Å². The minimum Gasteiger partial charge on any atom is -0.452 e. The van der Waals surface area contributed by atoms with Gasteiger partial charge in [0.25, 0.3) is 11.8 Å². The molecule has 2 aromatic carbocycles. The Morgan fingerprint density at radius 3 is 2.40 bits per heavy atom. The van der Waals surface area contributed by atoms with Gasteiger partial charge in [-0.05, 0) is 49.2 Å². The number of hydrogen-bond donors (Lipinski definition) is 1. The van der Waals surface area contributed by atoms with Crippen molar-refractivity contribution >= 4 is 35.1 Å². The number of benzene rings is 2. The Morgan fingerprint density at radius 2 is 1.74 bits per heavy atom. The van der Waals surface area contributed by atoms with Gasteiger partial charge in [0.1, 0.15) is 0 Å². The quantitative estimate of drug-likeness (QED) is 0.653. The number of alkyl halides is 3. The van der Waals surface area contributed by atoms with Gasteiger partial charge in [-0.2, -0.15) is 13.2 Å². The average Bonchev–Trinajstić information content (AvgIpc) is 3.59. The first-order valence-electron chi connectivity index (χ1n) is 11.0. The highest BCUT2D eigenvalue weighted by Crippen LogP contribution is 2.49. The highest BCUT2D eigenvalue weighted by Gasteiger charge is 2.64. The second kappa shape index (κ2) is 8.10. The minimum absolute atomic E-state index is 0.0255. The van der Waals surface area contributed by atoms with Crippen molar-refractivity contribution in [3.8, 4) is 0 Å². The monoisotopic (exact) mass is 487 g/mol. The number of carbonyl (C=O) groups excluding carboxylic acids is 4. The fraction of sp³-hybridized carbons (Fsp3) is 0.333. The van der Waals surface area contributed by atoms with E-state index in [-0.39, 0.29) is 36.4 Å².